The van der Waals surface area contributed by atoms with E-state index in [2.05, 4.69) is 28.2 Å². The van der Waals surface area contributed by atoms with E-state index >= 15 is 0 Å². The summed E-state index contributed by atoms with van der Waals surface area (Å²) in [5.41, 5.74) is 3.59. The summed E-state index contributed by atoms with van der Waals surface area (Å²) in [7, 11) is 2.05. The van der Waals surface area contributed by atoms with Gasteiger partial charge in [-0.25, -0.2) is 9.59 Å². The molecule has 0 saturated carbocycles. The molecule has 1 aliphatic rings. The van der Waals surface area contributed by atoms with Gasteiger partial charge in [-0.05, 0) is 36.5 Å². The van der Waals surface area contributed by atoms with Crippen LogP contribution in [0.4, 0.5) is 4.79 Å². The summed E-state index contributed by atoms with van der Waals surface area (Å²) in [5.74, 6) is -0.413. The first kappa shape index (κ1) is 18.3. The maximum atomic E-state index is 12.8. The lowest BCUT2D eigenvalue weighted by Gasteiger charge is -2.26. The van der Waals surface area contributed by atoms with Crippen molar-refractivity contribution in [3.63, 3.8) is 0 Å². The summed E-state index contributed by atoms with van der Waals surface area (Å²) in [6.45, 7) is 7.03. The molecular formula is C20H27N3O3. The Morgan fingerprint density at radius 1 is 1.27 bits per heavy atom. The molecule has 2 amide bonds. The number of hydrogen-bond acceptors (Lipinski definition) is 3. The van der Waals surface area contributed by atoms with E-state index in [0.29, 0.717) is 19.7 Å². The molecule has 2 aromatic rings. The highest BCUT2D eigenvalue weighted by Crippen LogP contribution is 2.28. The molecule has 0 bridgehead atoms. The van der Waals surface area contributed by atoms with E-state index in [0.717, 1.165) is 12.0 Å². The van der Waals surface area contributed by atoms with Crippen LogP contribution in [0.1, 0.15) is 31.9 Å². The molecule has 0 spiro atoms. The van der Waals surface area contributed by atoms with Gasteiger partial charge in [0.25, 0.3) is 0 Å². The second-order valence-electron chi connectivity index (χ2n) is 7.17. The smallest absolute Gasteiger partial charge is 0.328 e. The molecule has 6 nitrogen and oxygen atoms in total. The fraction of sp³-hybridized carbons (Fsp3) is 0.500. The normalized spacial score (nSPS) is 15.0. The predicted molar refractivity (Wildman–Crippen MR) is 101 cm³/mol. The standard InChI is InChI=1S/C20H27N3O3/c1-5-26-19(24)18(13(2)3)21-20(25)23-10-9-15-11-22(4)16-8-6-7-14(12-23)17(15)16/h6-8,11,13,18H,5,9-10,12H2,1-4H3,(H,21,25). The van der Waals surface area contributed by atoms with Crippen molar-refractivity contribution < 1.29 is 14.3 Å². The van der Waals surface area contributed by atoms with Crippen molar-refractivity contribution in [3.05, 3.63) is 35.5 Å². The van der Waals surface area contributed by atoms with Gasteiger partial charge >= 0.3 is 12.0 Å². The van der Waals surface area contributed by atoms with E-state index in [-0.39, 0.29) is 17.9 Å². The molecule has 3 rings (SSSR count). The van der Waals surface area contributed by atoms with E-state index < -0.39 is 6.04 Å². The van der Waals surface area contributed by atoms with Gasteiger partial charge in [0.1, 0.15) is 6.04 Å². The van der Waals surface area contributed by atoms with Gasteiger partial charge in [-0.1, -0.05) is 26.0 Å². The topological polar surface area (TPSA) is 63.6 Å². The molecule has 1 aromatic heterocycles. The maximum Gasteiger partial charge on any atom is 0.328 e. The number of benzene rings is 1. The zero-order chi connectivity index (χ0) is 18.8. The molecule has 0 saturated heterocycles. The Morgan fingerprint density at radius 2 is 2.04 bits per heavy atom. The fourth-order valence-corrected chi connectivity index (χ4v) is 3.61. The van der Waals surface area contributed by atoms with Crippen LogP contribution >= 0.6 is 0 Å². The van der Waals surface area contributed by atoms with E-state index in [9.17, 15) is 9.59 Å². The lowest BCUT2D eigenvalue weighted by atomic mass is 10.1. The van der Waals surface area contributed by atoms with Crippen LogP contribution in [0.25, 0.3) is 10.9 Å². The van der Waals surface area contributed by atoms with Crippen molar-refractivity contribution in [2.24, 2.45) is 13.0 Å². The first-order chi connectivity index (χ1) is 12.4. The summed E-state index contributed by atoms with van der Waals surface area (Å²) in [6.07, 6.45) is 2.94. The van der Waals surface area contributed by atoms with Crippen LogP contribution in [0.15, 0.2) is 24.4 Å². The third-order valence-electron chi connectivity index (χ3n) is 4.96. The minimum absolute atomic E-state index is 0.0353. The predicted octanol–water partition coefficient (Wildman–Crippen LogP) is 2.83. The fourth-order valence-electron chi connectivity index (χ4n) is 3.61. The van der Waals surface area contributed by atoms with Gasteiger partial charge < -0.3 is 19.5 Å². The summed E-state index contributed by atoms with van der Waals surface area (Å²) < 4.78 is 7.24. The zero-order valence-electron chi connectivity index (χ0n) is 15.9. The van der Waals surface area contributed by atoms with Gasteiger partial charge in [-0.2, -0.15) is 0 Å². The van der Waals surface area contributed by atoms with Gasteiger partial charge in [0.2, 0.25) is 0 Å². The first-order valence-corrected chi connectivity index (χ1v) is 9.20. The highest BCUT2D eigenvalue weighted by atomic mass is 16.5. The minimum atomic E-state index is -0.634. The Hall–Kier alpha value is -2.50. The molecule has 1 unspecified atom stereocenters. The van der Waals surface area contributed by atoms with Gasteiger partial charge in [-0.15, -0.1) is 0 Å². The Bertz CT molecular complexity index is 825. The van der Waals surface area contributed by atoms with Gasteiger partial charge in [0, 0.05) is 37.2 Å². The van der Waals surface area contributed by atoms with Gasteiger partial charge in [0.05, 0.1) is 6.61 Å². The second kappa shape index (κ2) is 7.40. The number of carbonyl (C=O) groups is 2. The number of amides is 2. The average molecular weight is 357 g/mol. The van der Waals surface area contributed by atoms with Gasteiger partial charge in [-0.3, -0.25) is 0 Å². The van der Waals surface area contributed by atoms with E-state index in [4.69, 9.17) is 4.74 Å². The van der Waals surface area contributed by atoms with Crippen LogP contribution in [-0.2, 0) is 29.5 Å². The third-order valence-corrected chi connectivity index (χ3v) is 4.96. The van der Waals surface area contributed by atoms with Crippen molar-refractivity contribution in [3.8, 4) is 0 Å². The highest BCUT2D eigenvalue weighted by molar-refractivity contribution is 5.89. The van der Waals surface area contributed by atoms with Crippen molar-refractivity contribution >= 4 is 22.9 Å². The Labute approximate surface area is 154 Å². The number of rotatable bonds is 4. The van der Waals surface area contributed by atoms with Crippen molar-refractivity contribution in [2.45, 2.75) is 39.8 Å². The molecule has 2 heterocycles. The number of aromatic nitrogens is 1. The molecule has 26 heavy (non-hydrogen) atoms. The van der Waals surface area contributed by atoms with Crippen molar-refractivity contribution in [1.82, 2.24) is 14.8 Å². The zero-order valence-corrected chi connectivity index (χ0v) is 15.9. The second-order valence-corrected chi connectivity index (χ2v) is 7.17. The highest BCUT2D eigenvalue weighted by Gasteiger charge is 2.29. The van der Waals surface area contributed by atoms with Gasteiger partial charge in [0.15, 0.2) is 0 Å². The molecule has 0 radical (unpaired) electrons. The summed E-state index contributed by atoms with van der Waals surface area (Å²) in [5, 5.41) is 4.11. The molecule has 0 fully saturated rings. The molecule has 1 atom stereocenters. The SMILES string of the molecule is CCOC(=O)C(NC(=O)N1CCc2cn(C)c3cccc(c23)C1)C(C)C. The van der Waals surface area contributed by atoms with Crippen LogP contribution < -0.4 is 5.32 Å². The van der Waals surface area contributed by atoms with Crippen LogP contribution in [0.2, 0.25) is 0 Å². The first-order valence-electron chi connectivity index (χ1n) is 9.20. The van der Waals surface area contributed by atoms with Crippen molar-refractivity contribution in [2.75, 3.05) is 13.2 Å². The van der Waals surface area contributed by atoms with Crippen molar-refractivity contribution in [1.29, 1.82) is 0 Å². The van der Waals surface area contributed by atoms with E-state index in [1.54, 1.807) is 11.8 Å². The summed E-state index contributed by atoms with van der Waals surface area (Å²) in [6, 6.07) is 5.35. The minimum Gasteiger partial charge on any atom is -0.464 e. The molecule has 1 aliphatic heterocycles. The Kier molecular flexibility index (Phi) is 5.20. The lowest BCUT2D eigenvalue weighted by Crippen LogP contribution is -2.50. The molecule has 1 aromatic carbocycles. The lowest BCUT2D eigenvalue weighted by molar-refractivity contribution is -0.146. The number of ether oxygens (including phenoxy) is 1. The number of hydrogen-bond donors (Lipinski definition) is 1. The Morgan fingerprint density at radius 3 is 2.73 bits per heavy atom. The molecule has 140 valence electrons. The largest absolute Gasteiger partial charge is 0.464 e. The number of esters is 1. The number of carbonyl (C=O) groups excluding carboxylic acids is 2. The molecule has 1 N–H and O–H groups in total. The molecular weight excluding hydrogens is 330 g/mol. The van der Waals surface area contributed by atoms with E-state index in [1.807, 2.05) is 27.0 Å². The average Bonchev–Trinajstić information content (AvgIpc) is 2.81. The molecule has 0 aliphatic carbocycles. The number of urea groups is 1. The van der Waals surface area contributed by atoms with Crippen LogP contribution in [0.3, 0.4) is 0 Å². The quantitative estimate of drug-likeness (QED) is 0.856. The van der Waals surface area contributed by atoms with Crippen LogP contribution in [-0.4, -0.2) is 40.7 Å². The van der Waals surface area contributed by atoms with E-state index in [1.165, 1.54) is 16.5 Å². The number of nitrogens with one attached hydrogen (secondary N) is 1. The summed E-state index contributed by atoms with van der Waals surface area (Å²) in [4.78, 5) is 26.8. The molecule has 6 heteroatoms. The Balaban J connectivity index is 1.79. The van der Waals surface area contributed by atoms with Crippen LogP contribution in [0, 0.1) is 5.92 Å². The monoisotopic (exact) mass is 357 g/mol. The summed E-state index contributed by atoms with van der Waals surface area (Å²) >= 11 is 0. The number of nitrogens with zero attached hydrogens (tertiary/aromatic N) is 2. The number of aryl methyl sites for hydroxylation is 1. The maximum absolute atomic E-state index is 12.8. The third kappa shape index (κ3) is 3.41. The van der Waals surface area contributed by atoms with Crippen LogP contribution in [0.5, 0.6) is 0 Å².